The van der Waals surface area contributed by atoms with Crippen molar-refractivity contribution in [3.63, 3.8) is 0 Å². The second-order valence-electron chi connectivity index (χ2n) is 4.77. The van der Waals surface area contributed by atoms with Crippen molar-refractivity contribution in [1.82, 2.24) is 0 Å². The molecule has 0 saturated carbocycles. The first-order valence-corrected chi connectivity index (χ1v) is 7.41. The minimum Gasteiger partial charge on any atom is -0.507 e. The van der Waals surface area contributed by atoms with Gasteiger partial charge in [-0.1, -0.05) is 45.7 Å². The number of rotatable bonds is 1. The first kappa shape index (κ1) is 13.5. The number of phenols is 1. The van der Waals surface area contributed by atoms with Crippen molar-refractivity contribution in [2.75, 3.05) is 0 Å². The summed E-state index contributed by atoms with van der Waals surface area (Å²) in [6.07, 6.45) is 0. The van der Waals surface area contributed by atoms with Crippen LogP contribution in [0.15, 0.2) is 53.0 Å². The van der Waals surface area contributed by atoms with Gasteiger partial charge in [0, 0.05) is 14.9 Å². The van der Waals surface area contributed by atoms with Gasteiger partial charge in [0.25, 0.3) is 0 Å². The van der Waals surface area contributed by atoms with E-state index in [4.69, 9.17) is 11.6 Å². The molecule has 0 spiro atoms. The molecule has 0 bridgehead atoms. The molecule has 3 heteroatoms. The van der Waals surface area contributed by atoms with Crippen LogP contribution in [0.2, 0.25) is 5.02 Å². The molecule has 0 saturated heterocycles. The second-order valence-corrected chi connectivity index (χ2v) is 6.12. The average Bonchev–Trinajstić information content (AvgIpc) is 2.44. The lowest BCUT2D eigenvalue weighted by molar-refractivity contribution is 0.478. The first-order chi connectivity index (χ1) is 9.56. The van der Waals surface area contributed by atoms with E-state index in [1.54, 1.807) is 6.07 Å². The number of aromatic hydroxyl groups is 1. The lowest BCUT2D eigenvalue weighted by Gasteiger charge is -2.12. The van der Waals surface area contributed by atoms with Gasteiger partial charge in [0.05, 0.1) is 0 Å². The fourth-order valence-electron chi connectivity index (χ4n) is 2.38. The maximum Gasteiger partial charge on any atom is 0.126 e. The predicted octanol–water partition coefficient (Wildman–Crippen LogP) is 5.94. The topological polar surface area (TPSA) is 20.2 Å². The fourth-order valence-corrected chi connectivity index (χ4v) is 2.82. The van der Waals surface area contributed by atoms with Crippen LogP contribution in [0, 0.1) is 6.92 Å². The Hall–Kier alpha value is -1.51. The van der Waals surface area contributed by atoms with Gasteiger partial charge in [-0.05, 0) is 59.3 Å². The van der Waals surface area contributed by atoms with E-state index in [1.807, 2.05) is 43.3 Å². The molecule has 0 aromatic heterocycles. The zero-order valence-corrected chi connectivity index (χ0v) is 13.2. The SMILES string of the molecule is Cc1c(-c2ccc(Br)cc2)cc2ccc(Cl)cc2c1O. The average molecular weight is 348 g/mol. The largest absolute Gasteiger partial charge is 0.507 e. The molecule has 3 aromatic rings. The molecule has 0 amide bonds. The minimum absolute atomic E-state index is 0.294. The van der Waals surface area contributed by atoms with Crippen LogP contribution in [0.1, 0.15) is 5.56 Å². The van der Waals surface area contributed by atoms with Gasteiger partial charge in [0.15, 0.2) is 0 Å². The Labute approximate surface area is 131 Å². The van der Waals surface area contributed by atoms with Crippen LogP contribution in [0.5, 0.6) is 5.75 Å². The van der Waals surface area contributed by atoms with Gasteiger partial charge in [-0.3, -0.25) is 0 Å². The number of hydrogen-bond acceptors (Lipinski definition) is 1. The predicted molar refractivity (Wildman–Crippen MR) is 88.5 cm³/mol. The van der Waals surface area contributed by atoms with E-state index in [1.165, 1.54) is 0 Å². The zero-order valence-electron chi connectivity index (χ0n) is 10.8. The standard InChI is InChI=1S/C17H12BrClO/c1-10-15(11-2-5-13(18)6-3-11)8-12-4-7-14(19)9-16(12)17(10)20/h2-9,20H,1H3. The summed E-state index contributed by atoms with van der Waals surface area (Å²) in [6.45, 7) is 1.92. The third-order valence-electron chi connectivity index (χ3n) is 3.48. The second kappa shape index (κ2) is 5.12. The summed E-state index contributed by atoms with van der Waals surface area (Å²) in [6, 6.07) is 15.7. The quantitative estimate of drug-likeness (QED) is 0.578. The van der Waals surface area contributed by atoms with Crippen LogP contribution in [-0.4, -0.2) is 5.11 Å². The highest BCUT2D eigenvalue weighted by Gasteiger charge is 2.11. The highest BCUT2D eigenvalue weighted by molar-refractivity contribution is 9.10. The zero-order chi connectivity index (χ0) is 14.3. The van der Waals surface area contributed by atoms with Gasteiger partial charge < -0.3 is 5.11 Å². The Bertz CT molecular complexity index is 794. The molecule has 0 fully saturated rings. The van der Waals surface area contributed by atoms with Crippen molar-refractivity contribution >= 4 is 38.3 Å². The molecule has 0 aliphatic heterocycles. The van der Waals surface area contributed by atoms with E-state index in [-0.39, 0.29) is 0 Å². The Kier molecular flexibility index (Phi) is 3.45. The third-order valence-corrected chi connectivity index (χ3v) is 4.25. The normalized spacial score (nSPS) is 10.9. The maximum absolute atomic E-state index is 10.4. The maximum atomic E-state index is 10.4. The Morgan fingerprint density at radius 3 is 2.40 bits per heavy atom. The molecule has 0 aliphatic rings. The number of phenolic OH excluding ortho intramolecular Hbond substituents is 1. The van der Waals surface area contributed by atoms with E-state index in [0.717, 1.165) is 31.9 Å². The fraction of sp³-hybridized carbons (Fsp3) is 0.0588. The lowest BCUT2D eigenvalue weighted by atomic mass is 9.95. The number of hydrogen-bond donors (Lipinski definition) is 1. The van der Waals surface area contributed by atoms with Crippen molar-refractivity contribution in [2.45, 2.75) is 6.92 Å². The van der Waals surface area contributed by atoms with E-state index in [9.17, 15) is 5.11 Å². The summed E-state index contributed by atoms with van der Waals surface area (Å²) in [4.78, 5) is 0. The summed E-state index contributed by atoms with van der Waals surface area (Å²) in [5.74, 6) is 0.294. The highest BCUT2D eigenvalue weighted by Crippen LogP contribution is 2.37. The van der Waals surface area contributed by atoms with Crippen LogP contribution in [0.4, 0.5) is 0 Å². The van der Waals surface area contributed by atoms with Crippen LogP contribution in [0.25, 0.3) is 21.9 Å². The summed E-state index contributed by atoms with van der Waals surface area (Å²) in [5.41, 5.74) is 2.98. The van der Waals surface area contributed by atoms with Crippen molar-refractivity contribution in [1.29, 1.82) is 0 Å². The molecule has 0 atom stereocenters. The molecular weight excluding hydrogens is 336 g/mol. The summed E-state index contributed by atoms with van der Waals surface area (Å²) in [7, 11) is 0. The van der Waals surface area contributed by atoms with Gasteiger partial charge in [0.1, 0.15) is 5.75 Å². The van der Waals surface area contributed by atoms with Crippen molar-refractivity contribution < 1.29 is 5.11 Å². The van der Waals surface area contributed by atoms with Crippen molar-refractivity contribution in [3.05, 3.63) is 63.6 Å². The molecule has 100 valence electrons. The Balaban J connectivity index is 2.29. The highest BCUT2D eigenvalue weighted by atomic mass is 79.9. The molecule has 0 radical (unpaired) electrons. The third kappa shape index (κ3) is 2.30. The Morgan fingerprint density at radius 1 is 1.00 bits per heavy atom. The molecule has 3 rings (SSSR count). The van der Waals surface area contributed by atoms with Crippen molar-refractivity contribution in [2.24, 2.45) is 0 Å². The Morgan fingerprint density at radius 2 is 1.70 bits per heavy atom. The van der Waals surface area contributed by atoms with E-state index in [2.05, 4.69) is 22.0 Å². The van der Waals surface area contributed by atoms with Gasteiger partial charge >= 0.3 is 0 Å². The summed E-state index contributed by atoms with van der Waals surface area (Å²) < 4.78 is 1.04. The molecule has 0 aliphatic carbocycles. The van der Waals surface area contributed by atoms with Crippen LogP contribution in [0.3, 0.4) is 0 Å². The lowest BCUT2D eigenvalue weighted by Crippen LogP contribution is -1.87. The number of fused-ring (bicyclic) bond motifs is 1. The van der Waals surface area contributed by atoms with Gasteiger partial charge in [-0.15, -0.1) is 0 Å². The van der Waals surface area contributed by atoms with E-state index < -0.39 is 0 Å². The molecule has 0 heterocycles. The van der Waals surface area contributed by atoms with Crippen LogP contribution >= 0.6 is 27.5 Å². The van der Waals surface area contributed by atoms with E-state index in [0.29, 0.717) is 10.8 Å². The van der Waals surface area contributed by atoms with Crippen LogP contribution in [-0.2, 0) is 0 Å². The van der Waals surface area contributed by atoms with Crippen LogP contribution < -0.4 is 0 Å². The molecule has 20 heavy (non-hydrogen) atoms. The minimum atomic E-state index is 0.294. The molecule has 1 N–H and O–H groups in total. The van der Waals surface area contributed by atoms with Gasteiger partial charge in [0.2, 0.25) is 0 Å². The monoisotopic (exact) mass is 346 g/mol. The van der Waals surface area contributed by atoms with Gasteiger partial charge in [-0.2, -0.15) is 0 Å². The number of halogens is 2. The molecule has 1 nitrogen and oxygen atoms in total. The summed E-state index contributed by atoms with van der Waals surface area (Å²) >= 11 is 9.44. The molecule has 0 unspecified atom stereocenters. The smallest absolute Gasteiger partial charge is 0.126 e. The first-order valence-electron chi connectivity index (χ1n) is 6.24. The molecule has 3 aromatic carbocycles. The van der Waals surface area contributed by atoms with Crippen molar-refractivity contribution in [3.8, 4) is 16.9 Å². The van der Waals surface area contributed by atoms with E-state index >= 15 is 0 Å². The summed E-state index contributed by atoms with van der Waals surface area (Å²) in [5, 5.41) is 12.8. The number of benzene rings is 3. The molecular formula is C17H12BrClO. The van der Waals surface area contributed by atoms with Gasteiger partial charge in [-0.25, -0.2) is 0 Å².